The molecule has 1 N–H and O–H groups in total. The molecule has 4 heteroatoms. The molecule has 1 aromatic rings. The first-order chi connectivity index (χ1) is 8.29. The van der Waals surface area contributed by atoms with Gasteiger partial charge < -0.3 is 5.32 Å². The fourth-order valence-electron chi connectivity index (χ4n) is 1.72. The van der Waals surface area contributed by atoms with Crippen molar-refractivity contribution >= 4 is 11.6 Å². The number of nitrogens with zero attached hydrogens (tertiary/aromatic N) is 2. The van der Waals surface area contributed by atoms with Gasteiger partial charge >= 0.3 is 0 Å². The normalized spacial score (nSPS) is 12.4. The van der Waals surface area contributed by atoms with Crippen LogP contribution in [-0.2, 0) is 20.0 Å². The van der Waals surface area contributed by atoms with Crippen molar-refractivity contribution in [1.29, 1.82) is 0 Å². The molecule has 0 saturated heterocycles. The quantitative estimate of drug-likeness (QED) is 0.859. The summed E-state index contributed by atoms with van der Waals surface area (Å²) in [5.74, 6) is 0.651. The fraction of sp³-hybridized carbons (Fsp3) is 0.786. The molecule has 3 nitrogen and oxygen atoms in total. The van der Waals surface area contributed by atoms with Gasteiger partial charge in [0, 0.05) is 20.1 Å². The molecule has 0 aliphatic rings. The maximum Gasteiger partial charge on any atom is 0.0863 e. The molecule has 0 atom stereocenters. The minimum atomic E-state index is 0.290. The summed E-state index contributed by atoms with van der Waals surface area (Å²) in [6, 6.07) is 0. The molecule has 0 unspecified atom stereocenters. The summed E-state index contributed by atoms with van der Waals surface area (Å²) in [7, 11) is 1.95. The molecule has 0 amide bonds. The fourth-order valence-corrected chi connectivity index (χ4v) is 2.08. The summed E-state index contributed by atoms with van der Waals surface area (Å²) in [4.78, 5) is 0. The van der Waals surface area contributed by atoms with Crippen molar-refractivity contribution in [3.8, 4) is 0 Å². The highest BCUT2D eigenvalue weighted by Crippen LogP contribution is 2.25. The topological polar surface area (TPSA) is 29.9 Å². The molecule has 0 radical (unpaired) electrons. The molecule has 18 heavy (non-hydrogen) atoms. The van der Waals surface area contributed by atoms with E-state index >= 15 is 0 Å². The smallest absolute Gasteiger partial charge is 0.0863 e. The van der Waals surface area contributed by atoms with Crippen LogP contribution in [0.25, 0.3) is 0 Å². The van der Waals surface area contributed by atoms with E-state index in [0.29, 0.717) is 11.3 Å². The van der Waals surface area contributed by atoms with Crippen LogP contribution in [0.3, 0.4) is 0 Å². The first-order valence-corrected chi connectivity index (χ1v) is 7.08. The number of hydrogen-bond acceptors (Lipinski definition) is 2. The molecule has 0 fully saturated rings. The maximum atomic E-state index is 6.32. The van der Waals surface area contributed by atoms with E-state index in [2.05, 4.69) is 45.0 Å². The van der Waals surface area contributed by atoms with Crippen molar-refractivity contribution in [1.82, 2.24) is 15.1 Å². The number of nitrogens with one attached hydrogen (secondary N) is 1. The molecule has 0 saturated carbocycles. The Morgan fingerprint density at radius 2 is 2.00 bits per heavy atom. The second-order valence-corrected chi connectivity index (χ2v) is 6.31. The molecular weight excluding hydrogens is 246 g/mol. The molecule has 0 spiro atoms. The minimum Gasteiger partial charge on any atom is -0.311 e. The molecule has 0 aliphatic heterocycles. The monoisotopic (exact) mass is 271 g/mol. The summed E-state index contributed by atoms with van der Waals surface area (Å²) in [6.07, 6.45) is 0.879. The van der Waals surface area contributed by atoms with Gasteiger partial charge in [0.1, 0.15) is 0 Å². The molecular formula is C14H26ClN3. The number of aryl methyl sites for hydroxylation is 2. The van der Waals surface area contributed by atoms with Crippen LogP contribution >= 0.6 is 11.6 Å². The Morgan fingerprint density at radius 3 is 2.44 bits per heavy atom. The first-order valence-electron chi connectivity index (χ1n) is 6.70. The third-order valence-corrected chi connectivity index (χ3v) is 4.38. The standard InChI is InChI=1S/C14H26ClN3/c1-7-11-13(15)12(18(6)17-11)8-16-9-14(4,5)10(2)3/h10,16H,7-9H2,1-6H3. The lowest BCUT2D eigenvalue weighted by Crippen LogP contribution is -2.33. The van der Waals surface area contributed by atoms with Crippen LogP contribution in [0.4, 0.5) is 0 Å². The zero-order valence-electron chi connectivity index (χ0n) is 12.5. The van der Waals surface area contributed by atoms with Crippen LogP contribution < -0.4 is 5.32 Å². The highest BCUT2D eigenvalue weighted by molar-refractivity contribution is 6.31. The van der Waals surface area contributed by atoms with Gasteiger partial charge in [0.2, 0.25) is 0 Å². The second-order valence-electron chi connectivity index (χ2n) is 5.93. The Bertz CT molecular complexity index is 394. The predicted molar refractivity (Wildman–Crippen MR) is 77.9 cm³/mol. The lowest BCUT2D eigenvalue weighted by Gasteiger charge is -2.29. The zero-order chi connectivity index (χ0) is 13.9. The summed E-state index contributed by atoms with van der Waals surface area (Å²) >= 11 is 6.32. The third-order valence-electron chi connectivity index (χ3n) is 3.94. The average molecular weight is 272 g/mol. The number of hydrogen-bond donors (Lipinski definition) is 1. The Kier molecular flexibility index (Phi) is 5.23. The van der Waals surface area contributed by atoms with Crippen LogP contribution in [0.2, 0.25) is 5.02 Å². The molecule has 1 aromatic heterocycles. The summed E-state index contributed by atoms with van der Waals surface area (Å²) in [5.41, 5.74) is 2.35. The van der Waals surface area contributed by atoms with E-state index in [1.54, 1.807) is 0 Å². The molecule has 1 rings (SSSR count). The second kappa shape index (κ2) is 6.07. The molecule has 0 aromatic carbocycles. The summed E-state index contributed by atoms with van der Waals surface area (Å²) < 4.78 is 1.89. The van der Waals surface area contributed by atoms with Crippen LogP contribution in [0.1, 0.15) is 46.0 Å². The van der Waals surface area contributed by atoms with Gasteiger partial charge in [-0.1, -0.05) is 46.2 Å². The van der Waals surface area contributed by atoms with E-state index < -0.39 is 0 Å². The van der Waals surface area contributed by atoms with E-state index in [4.69, 9.17) is 11.6 Å². The van der Waals surface area contributed by atoms with Gasteiger partial charge in [0.05, 0.1) is 16.4 Å². The summed E-state index contributed by atoms with van der Waals surface area (Å²) in [6.45, 7) is 12.9. The van der Waals surface area contributed by atoms with Gasteiger partial charge in [-0.3, -0.25) is 4.68 Å². The minimum absolute atomic E-state index is 0.290. The highest BCUT2D eigenvalue weighted by Gasteiger charge is 2.22. The predicted octanol–water partition coefficient (Wildman–Crippen LogP) is 3.41. The van der Waals surface area contributed by atoms with E-state index in [-0.39, 0.29) is 0 Å². The molecule has 0 bridgehead atoms. The van der Waals surface area contributed by atoms with Crippen molar-refractivity contribution in [3.05, 3.63) is 16.4 Å². The maximum absolute atomic E-state index is 6.32. The van der Waals surface area contributed by atoms with Crippen LogP contribution in [-0.4, -0.2) is 16.3 Å². The summed E-state index contributed by atoms with van der Waals surface area (Å²) in [5, 5.41) is 8.74. The number of aromatic nitrogens is 2. The lowest BCUT2D eigenvalue weighted by molar-refractivity contribution is 0.237. The van der Waals surface area contributed by atoms with Crippen molar-refractivity contribution < 1.29 is 0 Å². The average Bonchev–Trinajstić information content (AvgIpc) is 2.55. The molecule has 0 aliphatic carbocycles. The van der Waals surface area contributed by atoms with Gasteiger partial charge in [-0.25, -0.2) is 0 Å². The first kappa shape index (κ1) is 15.5. The van der Waals surface area contributed by atoms with Gasteiger partial charge in [0.15, 0.2) is 0 Å². The van der Waals surface area contributed by atoms with Crippen molar-refractivity contribution in [2.75, 3.05) is 6.54 Å². The van der Waals surface area contributed by atoms with Gasteiger partial charge in [0.25, 0.3) is 0 Å². The lowest BCUT2D eigenvalue weighted by atomic mass is 9.81. The van der Waals surface area contributed by atoms with Crippen LogP contribution in [0.5, 0.6) is 0 Å². The largest absolute Gasteiger partial charge is 0.311 e. The third kappa shape index (κ3) is 3.48. The van der Waals surface area contributed by atoms with Crippen LogP contribution in [0, 0.1) is 11.3 Å². The van der Waals surface area contributed by atoms with E-state index in [9.17, 15) is 0 Å². The van der Waals surface area contributed by atoms with Gasteiger partial charge in [-0.05, 0) is 17.8 Å². The molecule has 1 heterocycles. The Balaban J connectivity index is 2.62. The number of halogens is 1. The van der Waals surface area contributed by atoms with E-state index in [0.717, 1.165) is 35.9 Å². The van der Waals surface area contributed by atoms with Gasteiger partial charge in [-0.15, -0.1) is 0 Å². The number of rotatable bonds is 6. The van der Waals surface area contributed by atoms with E-state index in [1.165, 1.54) is 0 Å². The van der Waals surface area contributed by atoms with Crippen molar-refractivity contribution in [2.45, 2.75) is 47.6 Å². The van der Waals surface area contributed by atoms with Gasteiger partial charge in [-0.2, -0.15) is 5.10 Å². The Hall–Kier alpha value is -0.540. The van der Waals surface area contributed by atoms with Crippen LogP contribution in [0.15, 0.2) is 0 Å². The zero-order valence-corrected chi connectivity index (χ0v) is 13.2. The SMILES string of the molecule is CCc1nn(C)c(CNCC(C)(C)C(C)C)c1Cl. The Morgan fingerprint density at radius 1 is 1.39 bits per heavy atom. The van der Waals surface area contributed by atoms with Crippen molar-refractivity contribution in [3.63, 3.8) is 0 Å². The van der Waals surface area contributed by atoms with Crippen molar-refractivity contribution in [2.24, 2.45) is 18.4 Å². The van der Waals surface area contributed by atoms with E-state index in [1.807, 2.05) is 11.7 Å². The Labute approximate surface area is 116 Å². The highest BCUT2D eigenvalue weighted by atomic mass is 35.5. The molecule has 104 valence electrons.